The van der Waals surface area contributed by atoms with Crippen LogP contribution in [0.1, 0.15) is 36.4 Å². The Hall–Kier alpha value is -0.730. The quantitative estimate of drug-likeness (QED) is 0.829. The summed E-state index contributed by atoms with van der Waals surface area (Å²) in [5, 5.41) is 3.08. The van der Waals surface area contributed by atoms with E-state index in [-0.39, 0.29) is 17.9 Å². The van der Waals surface area contributed by atoms with Gasteiger partial charge in [0.05, 0.1) is 12.0 Å². The van der Waals surface area contributed by atoms with Crippen LogP contribution < -0.4 is 5.32 Å². The summed E-state index contributed by atoms with van der Waals surface area (Å²) in [6, 6.07) is 8.42. The van der Waals surface area contributed by atoms with E-state index in [4.69, 9.17) is 23.2 Å². The number of carbonyl (C=O) groups is 1. The van der Waals surface area contributed by atoms with Crippen molar-refractivity contribution in [3.05, 3.63) is 35.4 Å². The Labute approximate surface area is 117 Å². The molecule has 0 radical (unpaired) electrons. The molecule has 1 saturated carbocycles. The van der Waals surface area contributed by atoms with Crippen molar-refractivity contribution in [2.45, 2.75) is 36.1 Å². The predicted molar refractivity (Wildman–Crippen MR) is 72.8 cm³/mol. The van der Waals surface area contributed by atoms with Crippen LogP contribution in [0.3, 0.4) is 0 Å². The van der Waals surface area contributed by atoms with Crippen molar-refractivity contribution < 1.29 is 4.79 Å². The third-order valence-electron chi connectivity index (χ3n) is 3.83. The molecule has 0 heterocycles. The summed E-state index contributed by atoms with van der Waals surface area (Å²) in [5.74, 6) is -0.253. The molecule has 2 aliphatic carbocycles. The van der Waals surface area contributed by atoms with Gasteiger partial charge in [-0.3, -0.25) is 4.79 Å². The number of aryl methyl sites for hydroxylation is 1. The molecular formula is C14H15Cl2NO. The standard InChI is InChI=1S/C14H15Cl2NO/c15-14(16)8-11(14)13(18)17-12-7-3-5-9-4-1-2-6-10(9)12/h1-2,4,6,11-12H,3,5,7-8H2,(H,17,18)/t11-,12-/m1/s1. The van der Waals surface area contributed by atoms with Crippen LogP contribution in [0.4, 0.5) is 0 Å². The third-order valence-corrected chi connectivity index (χ3v) is 4.66. The van der Waals surface area contributed by atoms with E-state index < -0.39 is 4.33 Å². The number of amides is 1. The van der Waals surface area contributed by atoms with Gasteiger partial charge < -0.3 is 5.32 Å². The highest BCUT2D eigenvalue weighted by molar-refractivity contribution is 6.52. The van der Waals surface area contributed by atoms with Gasteiger partial charge in [0.2, 0.25) is 5.91 Å². The summed E-state index contributed by atoms with van der Waals surface area (Å²) in [7, 11) is 0. The van der Waals surface area contributed by atoms with Crippen molar-refractivity contribution in [2.75, 3.05) is 0 Å². The topological polar surface area (TPSA) is 29.1 Å². The van der Waals surface area contributed by atoms with E-state index in [1.807, 2.05) is 12.1 Å². The fourth-order valence-electron chi connectivity index (χ4n) is 2.67. The molecule has 0 unspecified atom stereocenters. The Morgan fingerprint density at radius 3 is 2.78 bits per heavy atom. The number of fused-ring (bicyclic) bond motifs is 1. The maximum Gasteiger partial charge on any atom is 0.226 e. The van der Waals surface area contributed by atoms with Crippen LogP contribution in [0.25, 0.3) is 0 Å². The molecule has 4 heteroatoms. The SMILES string of the molecule is O=C(N[C@@H]1CCCc2ccccc21)[C@H]1CC1(Cl)Cl. The summed E-state index contributed by atoms with van der Waals surface area (Å²) in [4.78, 5) is 12.0. The highest BCUT2D eigenvalue weighted by Gasteiger charge is 2.56. The molecule has 0 aliphatic heterocycles. The van der Waals surface area contributed by atoms with Gasteiger partial charge in [0.15, 0.2) is 0 Å². The van der Waals surface area contributed by atoms with Crippen LogP contribution in [-0.4, -0.2) is 10.2 Å². The zero-order valence-corrected chi connectivity index (χ0v) is 11.5. The van der Waals surface area contributed by atoms with Gasteiger partial charge in [-0.15, -0.1) is 23.2 Å². The zero-order chi connectivity index (χ0) is 12.8. The average molecular weight is 284 g/mol. The monoisotopic (exact) mass is 283 g/mol. The van der Waals surface area contributed by atoms with Crippen LogP contribution in [-0.2, 0) is 11.2 Å². The molecule has 2 aliphatic rings. The molecule has 1 N–H and O–H groups in total. The normalized spacial score (nSPS) is 28.3. The van der Waals surface area contributed by atoms with E-state index in [2.05, 4.69) is 17.4 Å². The lowest BCUT2D eigenvalue weighted by Crippen LogP contribution is -2.33. The lowest BCUT2D eigenvalue weighted by Gasteiger charge is -2.26. The highest BCUT2D eigenvalue weighted by atomic mass is 35.5. The van der Waals surface area contributed by atoms with Crippen molar-refractivity contribution in [2.24, 2.45) is 5.92 Å². The molecule has 96 valence electrons. The number of benzene rings is 1. The smallest absolute Gasteiger partial charge is 0.226 e. The van der Waals surface area contributed by atoms with Gasteiger partial charge in [-0.05, 0) is 36.8 Å². The minimum atomic E-state index is -0.835. The van der Waals surface area contributed by atoms with Gasteiger partial charge in [0, 0.05) is 0 Å². The van der Waals surface area contributed by atoms with Crippen molar-refractivity contribution in [3.8, 4) is 0 Å². The molecule has 1 fully saturated rings. The Morgan fingerprint density at radius 1 is 1.33 bits per heavy atom. The first-order valence-corrected chi connectivity index (χ1v) is 7.09. The van der Waals surface area contributed by atoms with Gasteiger partial charge in [0.1, 0.15) is 4.33 Å². The van der Waals surface area contributed by atoms with Crippen molar-refractivity contribution >= 4 is 29.1 Å². The number of carbonyl (C=O) groups excluding carboxylic acids is 1. The second-order valence-electron chi connectivity index (χ2n) is 5.17. The first-order chi connectivity index (χ1) is 8.58. The molecule has 2 atom stereocenters. The zero-order valence-electron chi connectivity index (χ0n) is 9.96. The molecule has 2 nitrogen and oxygen atoms in total. The van der Waals surface area contributed by atoms with Crippen LogP contribution in [0.2, 0.25) is 0 Å². The second-order valence-corrected chi connectivity index (χ2v) is 6.71. The number of hydrogen-bond acceptors (Lipinski definition) is 1. The first kappa shape index (κ1) is 12.3. The van der Waals surface area contributed by atoms with E-state index in [9.17, 15) is 4.79 Å². The molecule has 0 saturated heterocycles. The molecule has 1 amide bonds. The highest BCUT2D eigenvalue weighted by Crippen LogP contribution is 2.53. The molecule has 3 rings (SSSR count). The lowest BCUT2D eigenvalue weighted by atomic mass is 9.87. The van der Waals surface area contributed by atoms with Gasteiger partial charge in [-0.2, -0.15) is 0 Å². The largest absolute Gasteiger partial charge is 0.349 e. The minimum absolute atomic E-state index is 0.0123. The summed E-state index contributed by atoms with van der Waals surface area (Å²) >= 11 is 11.8. The maximum atomic E-state index is 12.0. The number of rotatable bonds is 2. The van der Waals surface area contributed by atoms with E-state index in [1.54, 1.807) is 0 Å². The Morgan fingerprint density at radius 2 is 2.06 bits per heavy atom. The van der Waals surface area contributed by atoms with Crippen LogP contribution in [0.15, 0.2) is 24.3 Å². The molecule has 0 bridgehead atoms. The third kappa shape index (κ3) is 2.24. The molecule has 18 heavy (non-hydrogen) atoms. The summed E-state index contributed by atoms with van der Waals surface area (Å²) in [6.45, 7) is 0. The van der Waals surface area contributed by atoms with Gasteiger partial charge in [-0.25, -0.2) is 0 Å². The Kier molecular flexibility index (Phi) is 3.03. The Balaban J connectivity index is 1.73. The molecule has 0 aromatic heterocycles. The van der Waals surface area contributed by atoms with Crippen LogP contribution in [0, 0.1) is 5.92 Å². The summed E-state index contributed by atoms with van der Waals surface area (Å²) in [5.41, 5.74) is 2.58. The van der Waals surface area contributed by atoms with Crippen LogP contribution >= 0.6 is 23.2 Å². The number of hydrogen-bond donors (Lipinski definition) is 1. The lowest BCUT2D eigenvalue weighted by molar-refractivity contribution is -0.123. The van der Waals surface area contributed by atoms with Crippen molar-refractivity contribution in [3.63, 3.8) is 0 Å². The number of alkyl halides is 2. The fraction of sp³-hybridized carbons (Fsp3) is 0.500. The van der Waals surface area contributed by atoms with Gasteiger partial charge in [-0.1, -0.05) is 24.3 Å². The van der Waals surface area contributed by atoms with Gasteiger partial charge >= 0.3 is 0 Å². The Bertz CT molecular complexity index is 486. The summed E-state index contributed by atoms with van der Waals surface area (Å²) < 4.78 is -0.835. The van der Waals surface area contributed by atoms with E-state index in [1.165, 1.54) is 11.1 Å². The molecular weight excluding hydrogens is 269 g/mol. The first-order valence-electron chi connectivity index (χ1n) is 6.34. The summed E-state index contributed by atoms with van der Waals surface area (Å²) in [6.07, 6.45) is 3.77. The number of nitrogens with one attached hydrogen (secondary N) is 1. The molecule has 1 aromatic carbocycles. The van der Waals surface area contributed by atoms with E-state index in [0.29, 0.717) is 6.42 Å². The average Bonchev–Trinajstić information content (AvgIpc) is 2.99. The van der Waals surface area contributed by atoms with E-state index >= 15 is 0 Å². The molecule has 0 spiro atoms. The maximum absolute atomic E-state index is 12.0. The predicted octanol–water partition coefficient (Wildman–Crippen LogP) is 3.37. The number of halogens is 2. The second kappa shape index (κ2) is 4.43. The molecule has 1 aromatic rings. The van der Waals surface area contributed by atoms with Crippen LogP contribution in [0.5, 0.6) is 0 Å². The minimum Gasteiger partial charge on any atom is -0.349 e. The van der Waals surface area contributed by atoms with Crippen molar-refractivity contribution in [1.29, 1.82) is 0 Å². The van der Waals surface area contributed by atoms with Gasteiger partial charge in [0.25, 0.3) is 0 Å². The van der Waals surface area contributed by atoms with E-state index in [0.717, 1.165) is 19.3 Å². The fourth-order valence-corrected chi connectivity index (χ4v) is 3.18. The van der Waals surface area contributed by atoms with Crippen molar-refractivity contribution in [1.82, 2.24) is 5.32 Å².